The van der Waals surface area contributed by atoms with Gasteiger partial charge in [-0.2, -0.15) is 4.72 Å². The van der Waals surface area contributed by atoms with E-state index in [-0.39, 0.29) is 36.7 Å². The molecule has 8 rings (SSSR count). The van der Waals surface area contributed by atoms with Gasteiger partial charge in [0, 0.05) is 63.6 Å². The topological polar surface area (TPSA) is 146 Å². The number of carbonyl (C=O) groups excluding carboxylic acids is 1. The van der Waals surface area contributed by atoms with E-state index in [1.54, 1.807) is 36.7 Å². The molecule has 320 valence electrons. The summed E-state index contributed by atoms with van der Waals surface area (Å²) in [4.78, 5) is 27.4. The molecule has 4 atom stereocenters. The molecule has 0 bridgehead atoms. The van der Waals surface area contributed by atoms with Gasteiger partial charge in [0.2, 0.25) is 21.9 Å². The van der Waals surface area contributed by atoms with Crippen LogP contribution >= 0.6 is 0 Å². The summed E-state index contributed by atoms with van der Waals surface area (Å²) < 4.78 is 43.0. The lowest BCUT2D eigenvalue weighted by Gasteiger charge is -2.40. The van der Waals surface area contributed by atoms with Crippen LogP contribution < -0.4 is 14.9 Å². The zero-order valence-corrected chi connectivity index (χ0v) is 35.5. The maximum atomic E-state index is 13.8. The van der Waals surface area contributed by atoms with E-state index in [2.05, 4.69) is 35.9 Å². The number of aliphatic hydroxyl groups excluding tert-OH is 1. The molecule has 2 saturated heterocycles. The van der Waals surface area contributed by atoms with Crippen molar-refractivity contribution < 1.29 is 27.8 Å². The number of anilines is 1. The largest absolute Gasteiger partial charge is 0.392 e. The van der Waals surface area contributed by atoms with E-state index in [1.807, 2.05) is 110 Å². The lowest BCUT2D eigenvalue weighted by molar-refractivity contribution is -0.253. The first kappa shape index (κ1) is 42.9. The molecular weight excluding hydrogens is 801 g/mol. The molecule has 12 nitrogen and oxygen atoms in total. The Bertz CT molecular complexity index is 2500. The molecule has 13 heteroatoms. The van der Waals surface area contributed by atoms with Gasteiger partial charge in [0.05, 0.1) is 23.7 Å². The smallest absolute Gasteiger partial charge is 0.241 e. The molecule has 0 radical (unpaired) electrons. The summed E-state index contributed by atoms with van der Waals surface area (Å²) in [6.45, 7) is 6.20. The number of aryl methyl sites for hydroxylation is 1. The van der Waals surface area contributed by atoms with E-state index in [9.17, 15) is 18.3 Å². The first-order valence-corrected chi connectivity index (χ1v) is 22.5. The van der Waals surface area contributed by atoms with Gasteiger partial charge in [0.1, 0.15) is 6.04 Å². The molecule has 1 aromatic heterocycles. The lowest BCUT2D eigenvalue weighted by Crippen LogP contribution is -2.50. The standard InChI is InChI=1S/C49H52N6O6S/c1-35-14-20-44(21-15-35)62(58,59)53-45(29-36-8-3-2-4-9-36)47(57)52-32-38-10-5-11-40(28-38)41-12-6-13-42(30-41)48-60-43(31-46(61-48)39-18-16-37(34-56)17-19-39)33-54-24-26-55(27-25-54)49-50-22-7-23-51-49/h2-23,28,30,43,45-46,48,53,56H,24-27,29,31-34H2,1H3,(H,52,57)/t43-,45+,46+,48+/m0/s1. The number of piperazine rings is 1. The van der Waals surface area contributed by atoms with Crippen LogP contribution in [0.5, 0.6) is 0 Å². The Kier molecular flexibility index (Phi) is 13.8. The third-order valence-electron chi connectivity index (χ3n) is 11.4. The van der Waals surface area contributed by atoms with Crippen molar-refractivity contribution in [2.45, 2.75) is 62.4 Å². The number of sulfonamides is 1. The molecular formula is C49H52N6O6S. The average molecular weight is 853 g/mol. The van der Waals surface area contributed by atoms with Gasteiger partial charge in [-0.25, -0.2) is 18.4 Å². The highest BCUT2D eigenvalue weighted by atomic mass is 32.2. The van der Waals surface area contributed by atoms with E-state index in [0.29, 0.717) is 6.42 Å². The molecule has 2 fully saturated rings. The number of amides is 1. The van der Waals surface area contributed by atoms with Gasteiger partial charge in [-0.15, -0.1) is 0 Å². The maximum Gasteiger partial charge on any atom is 0.241 e. The van der Waals surface area contributed by atoms with E-state index in [4.69, 9.17) is 9.47 Å². The molecule has 0 spiro atoms. The van der Waals surface area contributed by atoms with Crippen molar-refractivity contribution in [3.63, 3.8) is 0 Å². The van der Waals surface area contributed by atoms with Crippen molar-refractivity contribution >= 4 is 21.9 Å². The fourth-order valence-electron chi connectivity index (χ4n) is 7.95. The zero-order chi connectivity index (χ0) is 42.9. The minimum absolute atomic E-state index is 0.0224. The Morgan fingerprint density at radius 1 is 0.758 bits per heavy atom. The summed E-state index contributed by atoms with van der Waals surface area (Å²) >= 11 is 0. The number of benzene rings is 5. The number of hydrogen-bond donors (Lipinski definition) is 3. The number of ether oxygens (including phenoxy) is 2. The molecule has 1 amide bonds. The Morgan fingerprint density at radius 3 is 2.18 bits per heavy atom. The highest BCUT2D eigenvalue weighted by molar-refractivity contribution is 7.89. The highest BCUT2D eigenvalue weighted by Crippen LogP contribution is 2.39. The minimum Gasteiger partial charge on any atom is -0.392 e. The Hall–Kier alpha value is -5.80. The van der Waals surface area contributed by atoms with Crippen molar-refractivity contribution in [1.82, 2.24) is 24.9 Å². The van der Waals surface area contributed by atoms with Crippen molar-refractivity contribution in [3.8, 4) is 11.1 Å². The molecule has 2 aliphatic rings. The number of aromatic nitrogens is 2. The maximum absolute atomic E-state index is 13.8. The molecule has 5 aromatic carbocycles. The number of nitrogens with one attached hydrogen (secondary N) is 2. The van der Waals surface area contributed by atoms with Crippen LogP contribution in [0.2, 0.25) is 0 Å². The quantitative estimate of drug-likeness (QED) is 0.104. The Balaban J connectivity index is 0.961. The second-order valence-corrected chi connectivity index (χ2v) is 17.6. The lowest BCUT2D eigenvalue weighted by atomic mass is 9.98. The summed E-state index contributed by atoms with van der Waals surface area (Å²) in [6.07, 6.45) is 3.49. The van der Waals surface area contributed by atoms with Crippen molar-refractivity contribution in [1.29, 1.82) is 0 Å². The van der Waals surface area contributed by atoms with E-state index in [0.717, 1.165) is 83.2 Å². The fraction of sp³-hybridized carbons (Fsp3) is 0.286. The summed E-state index contributed by atoms with van der Waals surface area (Å²) in [6, 6.07) is 40.7. The highest BCUT2D eigenvalue weighted by Gasteiger charge is 2.34. The van der Waals surface area contributed by atoms with E-state index in [1.165, 1.54) is 0 Å². The normalized spacial score (nSPS) is 18.9. The minimum atomic E-state index is -3.97. The molecule has 2 aliphatic heterocycles. The third kappa shape index (κ3) is 11.0. The van der Waals surface area contributed by atoms with Crippen molar-refractivity contribution in [3.05, 3.63) is 179 Å². The fourth-order valence-corrected chi connectivity index (χ4v) is 9.15. The number of hydrogen-bond acceptors (Lipinski definition) is 10. The van der Waals surface area contributed by atoms with Crippen LogP contribution in [0.4, 0.5) is 5.95 Å². The Morgan fingerprint density at radius 2 is 1.45 bits per heavy atom. The van der Waals surface area contributed by atoms with Gasteiger partial charge >= 0.3 is 0 Å². The molecule has 3 N–H and O–H groups in total. The number of carbonyl (C=O) groups is 1. The zero-order valence-electron chi connectivity index (χ0n) is 34.7. The summed E-state index contributed by atoms with van der Waals surface area (Å²) in [5.74, 6) is 0.328. The summed E-state index contributed by atoms with van der Waals surface area (Å²) in [7, 11) is -3.97. The molecule has 62 heavy (non-hydrogen) atoms. The van der Waals surface area contributed by atoms with Crippen LogP contribution in [0.15, 0.2) is 151 Å². The van der Waals surface area contributed by atoms with Gasteiger partial charge in [0.15, 0.2) is 6.29 Å². The number of aliphatic hydroxyl groups is 1. The van der Waals surface area contributed by atoms with Gasteiger partial charge < -0.3 is 24.8 Å². The van der Waals surface area contributed by atoms with Gasteiger partial charge in [-0.05, 0) is 77.1 Å². The van der Waals surface area contributed by atoms with Gasteiger partial charge in [-0.1, -0.05) is 109 Å². The van der Waals surface area contributed by atoms with Crippen LogP contribution in [0.3, 0.4) is 0 Å². The average Bonchev–Trinajstić information content (AvgIpc) is 3.31. The first-order valence-electron chi connectivity index (χ1n) is 21.0. The SMILES string of the molecule is Cc1ccc(S(=O)(=O)N[C@H](Cc2ccccc2)C(=O)NCc2cccc(-c3cccc([C@@H]4O[C@H](CN5CCN(c6ncccn6)CC5)C[C@H](c5ccc(CO)cc5)O4)c3)c2)cc1. The third-order valence-corrected chi connectivity index (χ3v) is 12.9. The van der Waals surface area contributed by atoms with Gasteiger partial charge in [0.25, 0.3) is 0 Å². The summed E-state index contributed by atoms with van der Waals surface area (Å²) in [5.41, 5.74) is 7.30. The Labute approximate surface area is 363 Å². The molecule has 0 saturated carbocycles. The number of nitrogens with zero attached hydrogens (tertiary/aromatic N) is 4. The second-order valence-electron chi connectivity index (χ2n) is 15.9. The monoisotopic (exact) mass is 852 g/mol. The first-order chi connectivity index (χ1) is 30.2. The van der Waals surface area contributed by atoms with Gasteiger partial charge in [-0.3, -0.25) is 9.69 Å². The van der Waals surface area contributed by atoms with Crippen LogP contribution in [0.1, 0.15) is 52.2 Å². The summed E-state index contributed by atoms with van der Waals surface area (Å²) in [5, 5.41) is 12.7. The van der Waals surface area contributed by atoms with Crippen molar-refractivity contribution in [2.75, 3.05) is 37.6 Å². The van der Waals surface area contributed by atoms with Crippen LogP contribution in [-0.2, 0) is 43.9 Å². The molecule has 3 heterocycles. The molecule has 0 aliphatic carbocycles. The van der Waals surface area contributed by atoms with Crippen LogP contribution in [0.25, 0.3) is 11.1 Å². The van der Waals surface area contributed by atoms with Crippen LogP contribution in [0, 0.1) is 6.92 Å². The van der Waals surface area contributed by atoms with Crippen LogP contribution in [-0.4, -0.2) is 79.2 Å². The van der Waals surface area contributed by atoms with E-state index < -0.39 is 28.3 Å². The predicted octanol–water partition coefficient (Wildman–Crippen LogP) is 6.52. The second kappa shape index (κ2) is 19.9. The predicted molar refractivity (Wildman–Crippen MR) is 238 cm³/mol. The molecule has 0 unspecified atom stereocenters. The van der Waals surface area contributed by atoms with Crippen molar-refractivity contribution in [2.24, 2.45) is 0 Å². The number of rotatable bonds is 15. The van der Waals surface area contributed by atoms with E-state index >= 15 is 0 Å². The molecule has 6 aromatic rings.